The van der Waals surface area contributed by atoms with Crippen molar-refractivity contribution in [2.24, 2.45) is 0 Å². The van der Waals surface area contributed by atoms with E-state index in [4.69, 9.17) is 0 Å². The van der Waals surface area contributed by atoms with Gasteiger partial charge in [0.15, 0.2) is 0 Å². The summed E-state index contributed by atoms with van der Waals surface area (Å²) in [6.07, 6.45) is 3.21. The Hall–Kier alpha value is -2.60. The highest BCUT2D eigenvalue weighted by molar-refractivity contribution is 9.10. The Morgan fingerprint density at radius 1 is 1.21 bits per heavy atom. The van der Waals surface area contributed by atoms with E-state index < -0.39 is 0 Å². The number of aromatic nitrogens is 3. The highest BCUT2D eigenvalue weighted by Gasteiger charge is 2.22. The molecule has 0 saturated heterocycles. The molecule has 1 aromatic carbocycles. The smallest absolute Gasteiger partial charge is 0.223 e. The molecule has 3 rings (SSSR count). The number of halogens is 1. The minimum Gasteiger partial charge on any atom is -0.354 e. The van der Waals surface area contributed by atoms with Crippen molar-refractivity contribution in [2.75, 3.05) is 11.9 Å². The summed E-state index contributed by atoms with van der Waals surface area (Å²) >= 11 is 3.68. The van der Waals surface area contributed by atoms with E-state index in [0.29, 0.717) is 29.7 Å². The number of hydrogen-bond acceptors (Lipinski definition) is 5. The first kappa shape index (κ1) is 20.1. The van der Waals surface area contributed by atoms with Crippen LogP contribution in [0.2, 0.25) is 0 Å². The molecule has 0 spiro atoms. The van der Waals surface area contributed by atoms with Gasteiger partial charge in [-0.1, -0.05) is 41.9 Å². The van der Waals surface area contributed by atoms with E-state index in [-0.39, 0.29) is 5.78 Å². The molecular weight excluding hydrogens is 416 g/mol. The second kappa shape index (κ2) is 8.61. The fourth-order valence-electron chi connectivity index (χ4n) is 3.02. The molecule has 0 aliphatic carbocycles. The molecule has 3 aromatic rings. The second-order valence-electron chi connectivity index (χ2n) is 6.85. The summed E-state index contributed by atoms with van der Waals surface area (Å²) in [6.45, 7) is 8.85. The molecule has 0 unspecified atom stereocenters. The van der Waals surface area contributed by atoms with Crippen LogP contribution in [0.5, 0.6) is 0 Å². The average molecular weight is 439 g/mol. The molecule has 0 bridgehead atoms. The first-order valence-electron chi connectivity index (χ1n) is 9.29. The quantitative estimate of drug-likeness (QED) is 0.522. The van der Waals surface area contributed by atoms with Gasteiger partial charge in [-0.25, -0.2) is 9.97 Å². The molecule has 5 nitrogen and oxygen atoms in total. The van der Waals surface area contributed by atoms with Gasteiger partial charge in [0.05, 0.1) is 5.69 Å². The molecule has 6 heteroatoms. The lowest BCUT2D eigenvalue weighted by molar-refractivity contribution is 0.103. The molecular formula is C22H23BrN4O. The highest BCUT2D eigenvalue weighted by atomic mass is 79.9. The molecule has 28 heavy (non-hydrogen) atoms. The lowest BCUT2D eigenvalue weighted by Gasteiger charge is -2.16. The fourth-order valence-corrected chi connectivity index (χ4v) is 3.62. The first-order valence-corrected chi connectivity index (χ1v) is 10.1. The van der Waals surface area contributed by atoms with Crippen LogP contribution in [-0.2, 0) is 0 Å². The number of nitrogens with zero attached hydrogens (tertiary/aromatic N) is 3. The van der Waals surface area contributed by atoms with E-state index >= 15 is 0 Å². The van der Waals surface area contributed by atoms with E-state index in [1.807, 2.05) is 19.9 Å². The average Bonchev–Trinajstić information content (AvgIpc) is 2.68. The van der Waals surface area contributed by atoms with Gasteiger partial charge >= 0.3 is 0 Å². The largest absolute Gasteiger partial charge is 0.354 e. The van der Waals surface area contributed by atoms with Crippen LogP contribution >= 0.6 is 15.9 Å². The van der Waals surface area contributed by atoms with E-state index in [9.17, 15) is 4.79 Å². The minimum absolute atomic E-state index is 0.174. The van der Waals surface area contributed by atoms with Gasteiger partial charge < -0.3 is 5.32 Å². The summed E-state index contributed by atoms with van der Waals surface area (Å²) in [5.74, 6) is 0.689. The van der Waals surface area contributed by atoms with Crippen LogP contribution in [0.25, 0.3) is 11.1 Å². The van der Waals surface area contributed by atoms with E-state index in [1.54, 1.807) is 24.5 Å². The molecule has 0 radical (unpaired) electrons. The molecule has 0 amide bonds. The summed E-state index contributed by atoms with van der Waals surface area (Å²) in [5, 5.41) is 3.11. The predicted molar refractivity (Wildman–Crippen MR) is 116 cm³/mol. The van der Waals surface area contributed by atoms with Gasteiger partial charge in [0.2, 0.25) is 11.7 Å². The van der Waals surface area contributed by atoms with Crippen molar-refractivity contribution in [1.29, 1.82) is 0 Å². The van der Waals surface area contributed by atoms with Crippen LogP contribution in [0, 0.1) is 6.92 Å². The van der Waals surface area contributed by atoms with Crippen molar-refractivity contribution >= 4 is 27.7 Å². The molecule has 2 heterocycles. The number of anilines is 1. The Balaban J connectivity index is 2.22. The zero-order valence-electron chi connectivity index (χ0n) is 16.5. The maximum Gasteiger partial charge on any atom is 0.223 e. The van der Waals surface area contributed by atoms with Gasteiger partial charge in [-0.2, -0.15) is 0 Å². The number of pyridine rings is 1. The normalized spacial score (nSPS) is 10.9. The molecule has 0 saturated carbocycles. The standard InChI is InChI=1S/C22H23BrN4O/c1-5-25-22-26-14(4)19(17-9-8-15(13(2)3)11-18(17)23)20(27-22)21(28)16-7-6-10-24-12-16/h6-13H,5H2,1-4H3,(H,25,26,27). The number of nitrogens with one attached hydrogen (secondary N) is 1. The van der Waals surface area contributed by atoms with Crippen LogP contribution < -0.4 is 5.32 Å². The maximum atomic E-state index is 13.3. The maximum absolute atomic E-state index is 13.3. The molecule has 0 aliphatic heterocycles. The van der Waals surface area contributed by atoms with Gasteiger partial charge in [-0.15, -0.1) is 0 Å². The lowest BCUT2D eigenvalue weighted by atomic mass is 9.95. The summed E-state index contributed by atoms with van der Waals surface area (Å²) < 4.78 is 0.918. The Kier molecular flexibility index (Phi) is 6.19. The molecule has 0 atom stereocenters. The fraction of sp³-hybridized carbons (Fsp3) is 0.273. The zero-order chi connectivity index (χ0) is 20.3. The van der Waals surface area contributed by atoms with Gasteiger partial charge in [0.25, 0.3) is 0 Å². The summed E-state index contributed by atoms with van der Waals surface area (Å²) in [7, 11) is 0. The monoisotopic (exact) mass is 438 g/mol. The third kappa shape index (κ3) is 4.12. The minimum atomic E-state index is -0.174. The Morgan fingerprint density at radius 2 is 2.00 bits per heavy atom. The van der Waals surface area contributed by atoms with Crippen molar-refractivity contribution in [2.45, 2.75) is 33.6 Å². The van der Waals surface area contributed by atoms with Crippen LogP contribution in [0.3, 0.4) is 0 Å². The van der Waals surface area contributed by atoms with Gasteiger partial charge in [0, 0.05) is 40.1 Å². The Bertz CT molecular complexity index is 1000. The summed E-state index contributed by atoms with van der Waals surface area (Å²) in [5.41, 5.74) is 4.47. The van der Waals surface area contributed by atoms with Crippen LogP contribution in [0.15, 0.2) is 47.2 Å². The summed E-state index contributed by atoms with van der Waals surface area (Å²) in [6, 6.07) is 9.70. The van der Waals surface area contributed by atoms with E-state index in [1.165, 1.54) is 5.56 Å². The van der Waals surface area contributed by atoms with Crippen LogP contribution in [0.1, 0.15) is 54.0 Å². The number of rotatable bonds is 6. The predicted octanol–water partition coefficient (Wildman–Crippen LogP) is 5.40. The highest BCUT2D eigenvalue weighted by Crippen LogP contribution is 2.35. The SMILES string of the molecule is CCNc1nc(C)c(-c2ccc(C(C)C)cc2Br)c(C(=O)c2cccnc2)n1. The van der Waals surface area contributed by atoms with E-state index in [2.05, 4.69) is 62.2 Å². The van der Waals surface area contributed by atoms with Crippen molar-refractivity contribution in [1.82, 2.24) is 15.0 Å². The number of hydrogen-bond donors (Lipinski definition) is 1. The van der Waals surface area contributed by atoms with Crippen molar-refractivity contribution in [3.63, 3.8) is 0 Å². The molecule has 0 aliphatic rings. The van der Waals surface area contributed by atoms with Crippen LogP contribution in [-0.4, -0.2) is 27.3 Å². The number of carbonyl (C=O) groups is 1. The number of benzene rings is 1. The zero-order valence-corrected chi connectivity index (χ0v) is 18.0. The van der Waals surface area contributed by atoms with Gasteiger partial charge in [0.1, 0.15) is 5.69 Å². The molecule has 0 fully saturated rings. The third-order valence-electron chi connectivity index (χ3n) is 4.49. The molecule has 2 aromatic heterocycles. The van der Waals surface area contributed by atoms with Crippen LogP contribution in [0.4, 0.5) is 5.95 Å². The molecule has 1 N–H and O–H groups in total. The summed E-state index contributed by atoms with van der Waals surface area (Å²) in [4.78, 5) is 26.5. The lowest BCUT2D eigenvalue weighted by Crippen LogP contribution is -2.13. The molecule has 144 valence electrons. The number of ketones is 1. The van der Waals surface area contributed by atoms with Crippen molar-refractivity contribution < 1.29 is 4.79 Å². The number of carbonyl (C=O) groups excluding carboxylic acids is 1. The third-order valence-corrected chi connectivity index (χ3v) is 5.15. The topological polar surface area (TPSA) is 67.8 Å². The van der Waals surface area contributed by atoms with Gasteiger partial charge in [-0.3, -0.25) is 9.78 Å². The Labute approximate surface area is 173 Å². The number of aryl methyl sites for hydroxylation is 1. The first-order chi connectivity index (χ1) is 13.4. The van der Waals surface area contributed by atoms with Crippen molar-refractivity contribution in [3.05, 3.63) is 69.7 Å². The second-order valence-corrected chi connectivity index (χ2v) is 7.71. The van der Waals surface area contributed by atoms with Crippen molar-refractivity contribution in [3.8, 4) is 11.1 Å². The Morgan fingerprint density at radius 3 is 2.61 bits per heavy atom. The van der Waals surface area contributed by atoms with Gasteiger partial charge in [-0.05, 0) is 43.5 Å². The van der Waals surface area contributed by atoms with E-state index in [0.717, 1.165) is 21.3 Å².